The largest absolute Gasteiger partial charge is 0.343 e. The van der Waals surface area contributed by atoms with Crippen LogP contribution in [0.4, 0.5) is 0 Å². The highest BCUT2D eigenvalue weighted by atomic mass is 16.2. The second-order valence-corrected chi connectivity index (χ2v) is 7.78. The monoisotopic (exact) mass is 341 g/mol. The predicted octanol–water partition coefficient (Wildman–Crippen LogP) is 4.86. The number of ketones is 1. The molecule has 0 unspecified atom stereocenters. The molecule has 1 aromatic carbocycles. The number of carbonyl (C=O) groups excluding carboxylic acids is 2. The Bertz CT molecular complexity index is 555. The predicted molar refractivity (Wildman–Crippen MR) is 101 cm³/mol. The maximum absolute atomic E-state index is 12.5. The fourth-order valence-corrected chi connectivity index (χ4v) is 4.41. The smallest absolute Gasteiger partial charge is 0.222 e. The van der Waals surface area contributed by atoms with Crippen molar-refractivity contribution in [1.29, 1.82) is 0 Å². The van der Waals surface area contributed by atoms with E-state index in [0.29, 0.717) is 12.3 Å². The molecule has 3 nitrogen and oxygen atoms in total. The Hall–Kier alpha value is -1.64. The van der Waals surface area contributed by atoms with Gasteiger partial charge >= 0.3 is 0 Å². The number of Topliss-reactive ketones (excluding diaryl/α,β-unsaturated/α-hetero) is 1. The highest BCUT2D eigenvalue weighted by Gasteiger charge is 2.27. The van der Waals surface area contributed by atoms with Crippen LogP contribution in [0.25, 0.3) is 0 Å². The summed E-state index contributed by atoms with van der Waals surface area (Å²) in [5.41, 5.74) is 0.805. The lowest BCUT2D eigenvalue weighted by molar-refractivity contribution is -0.132. The van der Waals surface area contributed by atoms with E-state index >= 15 is 0 Å². The van der Waals surface area contributed by atoms with E-state index in [0.717, 1.165) is 43.8 Å². The summed E-state index contributed by atoms with van der Waals surface area (Å²) >= 11 is 0. The van der Waals surface area contributed by atoms with Crippen molar-refractivity contribution in [3.05, 3.63) is 35.9 Å². The summed E-state index contributed by atoms with van der Waals surface area (Å²) in [5, 5.41) is 0. The lowest BCUT2D eigenvalue weighted by Crippen LogP contribution is -2.40. The molecule has 0 spiro atoms. The topological polar surface area (TPSA) is 37.4 Å². The summed E-state index contributed by atoms with van der Waals surface area (Å²) < 4.78 is 0. The Labute approximate surface area is 151 Å². The van der Waals surface area contributed by atoms with E-state index < -0.39 is 0 Å². The molecule has 1 saturated carbocycles. The summed E-state index contributed by atoms with van der Waals surface area (Å²) in [4.78, 5) is 26.9. The Morgan fingerprint density at radius 1 is 0.920 bits per heavy atom. The van der Waals surface area contributed by atoms with E-state index in [-0.39, 0.29) is 11.7 Å². The number of likely N-dealkylation sites (tertiary alicyclic amines) is 1. The number of rotatable bonds is 6. The molecule has 3 heteroatoms. The molecule has 0 aromatic heterocycles. The van der Waals surface area contributed by atoms with Crippen molar-refractivity contribution < 1.29 is 9.59 Å². The first-order valence-corrected chi connectivity index (χ1v) is 10.1. The van der Waals surface area contributed by atoms with Crippen molar-refractivity contribution in [3.63, 3.8) is 0 Å². The van der Waals surface area contributed by atoms with Gasteiger partial charge in [0.25, 0.3) is 0 Å². The number of hydrogen-bond acceptors (Lipinski definition) is 2. The van der Waals surface area contributed by atoms with Crippen molar-refractivity contribution in [2.45, 2.75) is 64.2 Å². The first-order chi connectivity index (χ1) is 12.2. The molecule has 1 aromatic rings. The van der Waals surface area contributed by atoms with E-state index in [2.05, 4.69) is 0 Å². The number of carbonyl (C=O) groups is 2. The molecular formula is C22H31NO2. The molecule has 0 atom stereocenters. The normalized spacial score (nSPS) is 19.8. The van der Waals surface area contributed by atoms with Gasteiger partial charge in [0.15, 0.2) is 5.78 Å². The maximum Gasteiger partial charge on any atom is 0.222 e. The molecule has 2 aliphatic rings. The van der Waals surface area contributed by atoms with E-state index in [1.54, 1.807) is 0 Å². The van der Waals surface area contributed by atoms with Crippen molar-refractivity contribution in [2.75, 3.05) is 13.1 Å². The number of amides is 1. The van der Waals surface area contributed by atoms with Gasteiger partial charge in [-0.2, -0.15) is 0 Å². The van der Waals surface area contributed by atoms with Crippen molar-refractivity contribution in [2.24, 2.45) is 11.8 Å². The summed E-state index contributed by atoms with van der Waals surface area (Å²) in [6.45, 7) is 1.48. The van der Waals surface area contributed by atoms with Crippen LogP contribution in [0, 0.1) is 11.8 Å². The maximum atomic E-state index is 12.5. The lowest BCUT2D eigenvalue weighted by atomic mass is 9.85. The molecule has 1 aliphatic heterocycles. The van der Waals surface area contributed by atoms with Crippen molar-refractivity contribution in [3.8, 4) is 0 Å². The van der Waals surface area contributed by atoms with Gasteiger partial charge in [-0.1, -0.05) is 62.4 Å². The van der Waals surface area contributed by atoms with Crippen LogP contribution < -0.4 is 0 Å². The van der Waals surface area contributed by atoms with Gasteiger partial charge in [-0.25, -0.2) is 0 Å². The molecule has 3 rings (SSSR count). The first kappa shape index (κ1) is 18.2. The van der Waals surface area contributed by atoms with Crippen molar-refractivity contribution >= 4 is 11.7 Å². The Balaban J connectivity index is 1.38. The highest BCUT2D eigenvalue weighted by molar-refractivity contribution is 5.98. The van der Waals surface area contributed by atoms with Gasteiger partial charge in [0.2, 0.25) is 5.91 Å². The average Bonchev–Trinajstić information content (AvgIpc) is 2.69. The Kier molecular flexibility index (Phi) is 6.66. The van der Waals surface area contributed by atoms with Gasteiger partial charge in [0.05, 0.1) is 0 Å². The van der Waals surface area contributed by atoms with Crippen LogP contribution in [0.1, 0.15) is 74.6 Å². The highest BCUT2D eigenvalue weighted by Crippen LogP contribution is 2.28. The molecule has 1 aliphatic carbocycles. The third-order valence-corrected chi connectivity index (χ3v) is 6.00. The molecule has 0 radical (unpaired) electrons. The molecule has 136 valence electrons. The fraction of sp³-hybridized carbons (Fsp3) is 0.636. The Morgan fingerprint density at radius 3 is 2.28 bits per heavy atom. The second kappa shape index (κ2) is 9.17. The summed E-state index contributed by atoms with van der Waals surface area (Å²) in [5.74, 6) is 1.47. The zero-order valence-electron chi connectivity index (χ0n) is 15.3. The van der Waals surface area contributed by atoms with E-state index in [4.69, 9.17) is 0 Å². The van der Waals surface area contributed by atoms with Gasteiger partial charge in [0, 0.05) is 31.0 Å². The average molecular weight is 341 g/mol. The summed E-state index contributed by atoms with van der Waals surface area (Å²) in [6.07, 6.45) is 11.4. The van der Waals surface area contributed by atoms with E-state index in [1.807, 2.05) is 35.2 Å². The van der Waals surface area contributed by atoms with Crippen LogP contribution >= 0.6 is 0 Å². The summed E-state index contributed by atoms with van der Waals surface area (Å²) in [7, 11) is 0. The number of nitrogens with zero attached hydrogens (tertiary/aromatic N) is 1. The van der Waals surface area contributed by atoms with Crippen LogP contribution in [0.15, 0.2) is 30.3 Å². The lowest BCUT2D eigenvalue weighted by Gasteiger charge is -2.31. The van der Waals surface area contributed by atoms with Gasteiger partial charge in [0.1, 0.15) is 0 Å². The number of hydrogen-bond donors (Lipinski definition) is 0. The third-order valence-electron chi connectivity index (χ3n) is 6.00. The van der Waals surface area contributed by atoms with Crippen LogP contribution in [0.3, 0.4) is 0 Å². The zero-order valence-corrected chi connectivity index (χ0v) is 15.3. The molecule has 0 bridgehead atoms. The standard InChI is InChI=1S/C22H31NO2/c24-21(13-7-10-18-8-3-1-4-9-18)23-16-14-20(15-17-23)22(25)19-11-5-2-6-12-19/h2,5-6,11-12,18,20H,1,3-4,7-10,13-17H2. The van der Waals surface area contributed by atoms with Gasteiger partial charge in [-0.3, -0.25) is 9.59 Å². The minimum absolute atomic E-state index is 0.0775. The van der Waals surface area contributed by atoms with Crippen LogP contribution in [-0.2, 0) is 4.79 Å². The summed E-state index contributed by atoms with van der Waals surface area (Å²) in [6, 6.07) is 9.55. The van der Waals surface area contributed by atoms with Gasteiger partial charge in [-0.05, 0) is 31.6 Å². The second-order valence-electron chi connectivity index (χ2n) is 7.78. The molecular weight excluding hydrogens is 310 g/mol. The molecule has 25 heavy (non-hydrogen) atoms. The molecule has 1 saturated heterocycles. The SMILES string of the molecule is O=C(c1ccccc1)C1CCN(C(=O)CCCC2CCCCC2)CC1. The number of piperidine rings is 1. The van der Waals surface area contributed by atoms with Crippen LogP contribution in [-0.4, -0.2) is 29.7 Å². The van der Waals surface area contributed by atoms with E-state index in [1.165, 1.54) is 38.5 Å². The zero-order chi connectivity index (χ0) is 17.5. The third kappa shape index (κ3) is 5.17. The van der Waals surface area contributed by atoms with Crippen LogP contribution in [0.2, 0.25) is 0 Å². The minimum Gasteiger partial charge on any atom is -0.343 e. The quantitative estimate of drug-likeness (QED) is 0.693. The van der Waals surface area contributed by atoms with Crippen molar-refractivity contribution in [1.82, 2.24) is 4.90 Å². The van der Waals surface area contributed by atoms with Gasteiger partial charge < -0.3 is 4.90 Å². The minimum atomic E-state index is 0.0775. The molecule has 1 heterocycles. The number of benzene rings is 1. The van der Waals surface area contributed by atoms with Crippen LogP contribution in [0.5, 0.6) is 0 Å². The first-order valence-electron chi connectivity index (χ1n) is 10.1. The van der Waals surface area contributed by atoms with E-state index in [9.17, 15) is 9.59 Å². The molecule has 0 N–H and O–H groups in total. The molecule has 2 fully saturated rings. The molecule has 1 amide bonds. The van der Waals surface area contributed by atoms with Gasteiger partial charge in [-0.15, -0.1) is 0 Å². The Morgan fingerprint density at radius 2 is 1.60 bits per heavy atom. The fourth-order valence-electron chi connectivity index (χ4n) is 4.41.